The Balaban J connectivity index is 2.00. The molecule has 0 aromatic carbocycles. The molecular formula is C12H19N3. The summed E-state index contributed by atoms with van der Waals surface area (Å²) in [7, 11) is 0. The van der Waals surface area contributed by atoms with Crippen LogP contribution in [0.5, 0.6) is 0 Å². The van der Waals surface area contributed by atoms with Gasteiger partial charge < -0.3 is 11.1 Å². The highest BCUT2D eigenvalue weighted by atomic mass is 15.0. The van der Waals surface area contributed by atoms with Crippen LogP contribution in [0.3, 0.4) is 0 Å². The van der Waals surface area contributed by atoms with Crippen molar-refractivity contribution in [3.63, 3.8) is 0 Å². The van der Waals surface area contributed by atoms with Gasteiger partial charge in [-0.3, -0.25) is 0 Å². The van der Waals surface area contributed by atoms with Crippen molar-refractivity contribution in [1.29, 1.82) is 0 Å². The van der Waals surface area contributed by atoms with Gasteiger partial charge in [-0.25, -0.2) is 4.98 Å². The molecule has 1 saturated carbocycles. The largest absolute Gasteiger partial charge is 0.397 e. The number of hydrogen-bond donors (Lipinski definition) is 2. The van der Waals surface area contributed by atoms with Gasteiger partial charge in [-0.05, 0) is 31.4 Å². The molecule has 3 N–H and O–H groups in total. The minimum absolute atomic E-state index is 0.606. The van der Waals surface area contributed by atoms with E-state index in [0.29, 0.717) is 6.04 Å². The third-order valence-electron chi connectivity index (χ3n) is 3.11. The number of rotatable bonds is 2. The molecule has 1 heterocycles. The molecule has 0 bridgehead atoms. The molecule has 3 nitrogen and oxygen atoms in total. The fraction of sp³-hybridized carbons (Fsp3) is 0.583. The first kappa shape index (κ1) is 10.3. The van der Waals surface area contributed by atoms with E-state index in [1.807, 2.05) is 13.0 Å². The number of aromatic nitrogens is 1. The molecular weight excluding hydrogens is 186 g/mol. The number of aryl methyl sites for hydroxylation is 1. The smallest absolute Gasteiger partial charge is 0.126 e. The Labute approximate surface area is 91.1 Å². The average Bonchev–Trinajstić information content (AvgIpc) is 2.25. The lowest BCUT2D eigenvalue weighted by atomic mass is 9.95. The first-order valence-corrected chi connectivity index (χ1v) is 5.74. The van der Waals surface area contributed by atoms with E-state index in [9.17, 15) is 0 Å². The van der Waals surface area contributed by atoms with Gasteiger partial charge in [-0.1, -0.05) is 19.3 Å². The Morgan fingerprint density at radius 1 is 1.33 bits per heavy atom. The molecule has 3 heteroatoms. The third kappa shape index (κ3) is 2.61. The van der Waals surface area contributed by atoms with Crippen LogP contribution in [0.25, 0.3) is 0 Å². The van der Waals surface area contributed by atoms with Gasteiger partial charge in [0, 0.05) is 6.04 Å². The molecule has 0 amide bonds. The summed E-state index contributed by atoms with van der Waals surface area (Å²) in [5.74, 6) is 0.966. The maximum Gasteiger partial charge on any atom is 0.126 e. The fourth-order valence-electron chi connectivity index (χ4n) is 2.10. The van der Waals surface area contributed by atoms with E-state index >= 15 is 0 Å². The summed E-state index contributed by atoms with van der Waals surface area (Å²) in [6, 6.07) is 2.64. The molecule has 0 spiro atoms. The summed E-state index contributed by atoms with van der Waals surface area (Å²) < 4.78 is 0. The van der Waals surface area contributed by atoms with Crippen molar-refractivity contribution in [3.05, 3.63) is 17.8 Å². The van der Waals surface area contributed by atoms with E-state index in [2.05, 4.69) is 10.3 Å². The highest BCUT2D eigenvalue weighted by Crippen LogP contribution is 2.21. The van der Waals surface area contributed by atoms with Crippen LogP contribution in [0, 0.1) is 6.92 Å². The predicted octanol–water partition coefficient (Wildman–Crippen LogP) is 2.72. The maximum atomic E-state index is 5.73. The van der Waals surface area contributed by atoms with E-state index in [1.165, 1.54) is 32.1 Å². The number of hydrogen-bond acceptors (Lipinski definition) is 3. The van der Waals surface area contributed by atoms with Crippen LogP contribution in [0.4, 0.5) is 11.5 Å². The van der Waals surface area contributed by atoms with Crippen molar-refractivity contribution in [1.82, 2.24) is 4.98 Å². The van der Waals surface area contributed by atoms with Crippen LogP contribution >= 0.6 is 0 Å². The fourth-order valence-corrected chi connectivity index (χ4v) is 2.10. The average molecular weight is 205 g/mol. The predicted molar refractivity (Wildman–Crippen MR) is 63.9 cm³/mol. The van der Waals surface area contributed by atoms with Crippen molar-refractivity contribution in [2.75, 3.05) is 11.1 Å². The zero-order chi connectivity index (χ0) is 10.7. The lowest BCUT2D eigenvalue weighted by Crippen LogP contribution is -2.22. The van der Waals surface area contributed by atoms with Crippen molar-refractivity contribution in [3.8, 4) is 0 Å². The quantitative estimate of drug-likeness (QED) is 0.780. The van der Waals surface area contributed by atoms with Gasteiger partial charge in [0.25, 0.3) is 0 Å². The van der Waals surface area contributed by atoms with Crippen LogP contribution in [0.2, 0.25) is 0 Å². The molecule has 1 aromatic rings. The zero-order valence-corrected chi connectivity index (χ0v) is 9.29. The zero-order valence-electron chi connectivity index (χ0n) is 9.29. The molecule has 0 unspecified atom stereocenters. The molecule has 0 aliphatic heterocycles. The number of nitrogens with zero attached hydrogens (tertiary/aromatic N) is 1. The van der Waals surface area contributed by atoms with E-state index in [0.717, 1.165) is 17.1 Å². The second-order valence-electron chi connectivity index (χ2n) is 4.41. The van der Waals surface area contributed by atoms with Crippen LogP contribution in [-0.4, -0.2) is 11.0 Å². The van der Waals surface area contributed by atoms with Crippen LogP contribution in [0.15, 0.2) is 12.3 Å². The van der Waals surface area contributed by atoms with E-state index < -0.39 is 0 Å². The Hall–Kier alpha value is -1.25. The normalized spacial score (nSPS) is 17.7. The van der Waals surface area contributed by atoms with Gasteiger partial charge >= 0.3 is 0 Å². The van der Waals surface area contributed by atoms with Crippen LogP contribution in [0.1, 0.15) is 37.7 Å². The minimum Gasteiger partial charge on any atom is -0.397 e. The Bertz CT molecular complexity index is 330. The second-order valence-corrected chi connectivity index (χ2v) is 4.41. The first-order valence-electron chi connectivity index (χ1n) is 5.74. The second kappa shape index (κ2) is 4.51. The van der Waals surface area contributed by atoms with E-state index in [-0.39, 0.29) is 0 Å². The summed E-state index contributed by atoms with van der Waals surface area (Å²) in [5, 5.41) is 3.48. The van der Waals surface area contributed by atoms with E-state index in [1.54, 1.807) is 6.20 Å². The van der Waals surface area contributed by atoms with Gasteiger partial charge in [-0.15, -0.1) is 0 Å². The summed E-state index contributed by atoms with van der Waals surface area (Å²) in [6.45, 7) is 2.02. The molecule has 1 aliphatic rings. The SMILES string of the molecule is Cc1cc(NC2CCCCC2)ncc1N. The Morgan fingerprint density at radius 2 is 2.07 bits per heavy atom. The number of nitrogens with one attached hydrogen (secondary N) is 1. The highest BCUT2D eigenvalue weighted by Gasteiger charge is 2.13. The summed E-state index contributed by atoms with van der Waals surface area (Å²) >= 11 is 0. The Morgan fingerprint density at radius 3 is 2.73 bits per heavy atom. The number of nitrogen functional groups attached to an aromatic ring is 1. The van der Waals surface area contributed by atoms with E-state index in [4.69, 9.17) is 5.73 Å². The lowest BCUT2D eigenvalue weighted by Gasteiger charge is -2.23. The Kier molecular flexibility index (Phi) is 3.09. The molecule has 0 saturated heterocycles. The van der Waals surface area contributed by atoms with Gasteiger partial charge in [0.15, 0.2) is 0 Å². The topological polar surface area (TPSA) is 50.9 Å². The molecule has 2 rings (SSSR count). The standard InChI is InChI=1S/C12H19N3/c1-9-7-12(14-8-11(9)13)15-10-5-3-2-4-6-10/h7-8,10H,2-6,13H2,1H3,(H,14,15). The number of anilines is 2. The van der Waals surface area contributed by atoms with Crippen molar-refractivity contribution in [2.24, 2.45) is 0 Å². The molecule has 82 valence electrons. The molecule has 1 aromatic heterocycles. The number of pyridine rings is 1. The molecule has 15 heavy (non-hydrogen) atoms. The van der Waals surface area contributed by atoms with Crippen molar-refractivity contribution >= 4 is 11.5 Å². The minimum atomic E-state index is 0.606. The molecule has 0 radical (unpaired) electrons. The van der Waals surface area contributed by atoms with Gasteiger partial charge in [0.1, 0.15) is 5.82 Å². The molecule has 0 atom stereocenters. The van der Waals surface area contributed by atoms with Crippen molar-refractivity contribution < 1.29 is 0 Å². The highest BCUT2D eigenvalue weighted by molar-refractivity contribution is 5.51. The molecule has 1 fully saturated rings. The summed E-state index contributed by atoms with van der Waals surface area (Å²) in [6.07, 6.45) is 8.33. The van der Waals surface area contributed by atoms with Crippen molar-refractivity contribution in [2.45, 2.75) is 45.1 Å². The van der Waals surface area contributed by atoms with Gasteiger partial charge in [-0.2, -0.15) is 0 Å². The van der Waals surface area contributed by atoms with Crippen LogP contribution < -0.4 is 11.1 Å². The monoisotopic (exact) mass is 205 g/mol. The number of nitrogens with two attached hydrogens (primary N) is 1. The summed E-state index contributed by atoms with van der Waals surface area (Å²) in [5.41, 5.74) is 7.60. The first-order chi connectivity index (χ1) is 7.25. The third-order valence-corrected chi connectivity index (χ3v) is 3.11. The van der Waals surface area contributed by atoms with Gasteiger partial charge in [0.05, 0.1) is 11.9 Å². The lowest BCUT2D eigenvalue weighted by molar-refractivity contribution is 0.462. The van der Waals surface area contributed by atoms with Gasteiger partial charge in [0.2, 0.25) is 0 Å². The summed E-state index contributed by atoms with van der Waals surface area (Å²) in [4.78, 5) is 4.30. The maximum absolute atomic E-state index is 5.73. The van der Waals surface area contributed by atoms with Crippen LogP contribution in [-0.2, 0) is 0 Å². The molecule has 1 aliphatic carbocycles.